The number of carbonyl (C=O) groups is 2. The number of benzene rings is 1. The summed E-state index contributed by atoms with van der Waals surface area (Å²) in [6.07, 6.45) is 15.3. The van der Waals surface area contributed by atoms with Gasteiger partial charge in [-0.15, -0.1) is 0 Å². The van der Waals surface area contributed by atoms with Gasteiger partial charge in [-0.2, -0.15) is 5.10 Å². The maximum atomic E-state index is 13.0. The Bertz CT molecular complexity index is 1610. The summed E-state index contributed by atoms with van der Waals surface area (Å²) in [7, 11) is 0. The number of carbonyl (C=O) groups excluding carboxylic acids is 2. The Balaban J connectivity index is 1.12. The van der Waals surface area contributed by atoms with E-state index in [4.69, 9.17) is 11.3 Å². The molecule has 9 heteroatoms. The number of hydrogen-bond donors (Lipinski definition) is 0. The molecule has 1 aromatic carbocycles. The molecule has 42 heavy (non-hydrogen) atoms. The number of aromatic nitrogens is 5. The van der Waals surface area contributed by atoms with Gasteiger partial charge in [-0.3, -0.25) is 18.8 Å². The van der Waals surface area contributed by atoms with Crippen LogP contribution in [-0.2, 0) is 27.5 Å². The minimum absolute atomic E-state index is 0.0407. The fraction of sp³-hybridized carbons (Fsp3) is 0.455. The van der Waals surface area contributed by atoms with Crippen LogP contribution in [0.25, 0.3) is 27.1 Å². The lowest BCUT2D eigenvalue weighted by Gasteiger charge is -2.18. The van der Waals surface area contributed by atoms with E-state index in [1.54, 1.807) is 4.57 Å². The second-order valence-electron chi connectivity index (χ2n) is 11.7. The lowest BCUT2D eigenvalue weighted by molar-refractivity contribution is -0.148. The molecule has 6 rings (SSSR count). The molecule has 0 amide bonds. The van der Waals surface area contributed by atoms with Gasteiger partial charge < -0.3 is 9.58 Å². The highest BCUT2D eigenvalue weighted by Gasteiger charge is 2.30. The van der Waals surface area contributed by atoms with Crippen LogP contribution in [0.15, 0.2) is 55.2 Å². The van der Waals surface area contributed by atoms with Gasteiger partial charge in [0.1, 0.15) is 23.8 Å². The van der Waals surface area contributed by atoms with Crippen LogP contribution in [0, 0.1) is 18.4 Å². The molecule has 2 aliphatic rings. The Morgan fingerprint density at radius 3 is 2.67 bits per heavy atom. The van der Waals surface area contributed by atoms with Crippen molar-refractivity contribution in [2.75, 3.05) is 6.54 Å². The zero-order chi connectivity index (χ0) is 29.1. The van der Waals surface area contributed by atoms with Crippen LogP contribution in [0.5, 0.6) is 0 Å². The van der Waals surface area contributed by atoms with Crippen molar-refractivity contribution in [1.82, 2.24) is 24.3 Å². The summed E-state index contributed by atoms with van der Waals surface area (Å²) in [4.78, 5) is 37.7. The highest BCUT2D eigenvalue weighted by atomic mass is 16.5. The number of ketones is 1. The maximum Gasteiger partial charge on any atom is 0.314 e. The van der Waals surface area contributed by atoms with Crippen LogP contribution in [0.2, 0.25) is 0 Å². The van der Waals surface area contributed by atoms with Crippen molar-refractivity contribution in [3.8, 4) is 11.3 Å². The van der Waals surface area contributed by atoms with Gasteiger partial charge in [-0.1, -0.05) is 37.1 Å². The van der Waals surface area contributed by atoms with Crippen molar-refractivity contribution in [2.45, 2.75) is 77.0 Å². The van der Waals surface area contributed by atoms with Gasteiger partial charge in [0.05, 0.1) is 17.8 Å². The summed E-state index contributed by atoms with van der Waals surface area (Å²) in [5, 5.41) is 5.48. The van der Waals surface area contributed by atoms with E-state index in [0.717, 1.165) is 59.9 Å². The van der Waals surface area contributed by atoms with Crippen molar-refractivity contribution in [2.24, 2.45) is 11.8 Å². The van der Waals surface area contributed by atoms with E-state index in [1.165, 1.54) is 19.2 Å². The molecule has 3 aromatic heterocycles. The van der Waals surface area contributed by atoms with Gasteiger partial charge in [-0.25, -0.2) is 16.5 Å². The molecule has 2 fully saturated rings. The summed E-state index contributed by atoms with van der Waals surface area (Å²) in [6.45, 7) is 9.75. The third kappa shape index (κ3) is 5.71. The van der Waals surface area contributed by atoms with Crippen LogP contribution < -0.4 is 0 Å². The number of ether oxygens (including phenoxy) is 1. The average molecular weight is 565 g/mol. The third-order valence-corrected chi connectivity index (χ3v) is 9.09. The van der Waals surface area contributed by atoms with Gasteiger partial charge in [0.25, 0.3) is 0 Å². The molecule has 0 aliphatic heterocycles. The Labute approximate surface area is 245 Å². The first-order valence-electron chi connectivity index (χ1n) is 15.0. The lowest BCUT2D eigenvalue weighted by atomic mass is 9.94. The minimum Gasteiger partial charge on any atom is -0.443 e. The van der Waals surface area contributed by atoms with E-state index < -0.39 is 5.92 Å². The monoisotopic (exact) mass is 564 g/mol. The predicted molar refractivity (Wildman–Crippen MR) is 158 cm³/mol. The number of rotatable bonds is 10. The molecule has 0 spiro atoms. The number of Topliss-reactive ketones (excluding diaryl/α,β-unsaturated/α-hetero) is 1. The molecule has 3 atom stereocenters. The van der Waals surface area contributed by atoms with Crippen molar-refractivity contribution in [1.29, 1.82) is 0 Å². The lowest BCUT2D eigenvalue weighted by Crippen LogP contribution is -2.20. The number of nitrogens with zero attached hydrogens (tertiary/aromatic N) is 6. The summed E-state index contributed by atoms with van der Waals surface area (Å²) in [6, 6.07) is 9.96. The predicted octanol–water partition coefficient (Wildman–Crippen LogP) is 6.16. The summed E-state index contributed by atoms with van der Waals surface area (Å²) < 4.78 is 9.45. The Morgan fingerprint density at radius 1 is 1.12 bits per heavy atom. The molecule has 2 unspecified atom stereocenters. The van der Waals surface area contributed by atoms with E-state index in [9.17, 15) is 9.59 Å². The fourth-order valence-corrected chi connectivity index (χ4v) is 6.59. The van der Waals surface area contributed by atoms with Gasteiger partial charge in [0, 0.05) is 35.7 Å². The molecule has 2 aliphatic carbocycles. The third-order valence-electron chi connectivity index (χ3n) is 9.09. The van der Waals surface area contributed by atoms with Crippen LogP contribution in [0.3, 0.4) is 0 Å². The molecule has 4 aromatic rings. The average Bonchev–Trinajstić information content (AvgIpc) is 3.83. The Hall–Kier alpha value is -4.32. The number of esters is 1. The highest BCUT2D eigenvalue weighted by Crippen LogP contribution is 2.35. The SMILES string of the molecule is [C-]#[N+]C[C@H](C1CCCC1)n1cc(-c2ncnc3c2ccn3COC(=O)C(C)c2ccc(CC3CCCC3=O)cc2)cn1. The van der Waals surface area contributed by atoms with Gasteiger partial charge >= 0.3 is 5.97 Å². The van der Waals surface area contributed by atoms with Crippen molar-refractivity contribution >= 4 is 22.8 Å². The normalized spacial score (nSPS) is 18.8. The highest BCUT2D eigenvalue weighted by molar-refractivity contribution is 5.90. The first-order valence-corrected chi connectivity index (χ1v) is 15.0. The summed E-state index contributed by atoms with van der Waals surface area (Å²) >= 11 is 0. The molecular weight excluding hydrogens is 528 g/mol. The molecule has 3 heterocycles. The van der Waals surface area contributed by atoms with Crippen LogP contribution in [0.1, 0.15) is 75.0 Å². The van der Waals surface area contributed by atoms with Crippen molar-refractivity contribution in [3.63, 3.8) is 0 Å². The van der Waals surface area contributed by atoms with Gasteiger partial charge in [-0.05, 0) is 62.1 Å². The van der Waals surface area contributed by atoms with Crippen LogP contribution in [0.4, 0.5) is 0 Å². The standard InChI is InChI=1S/C33H36N6O3/c1-22(24-12-10-23(11-13-24)16-26-8-5-9-30(26)40)33(41)42-21-38-15-14-28-31(35-20-36-32(28)38)27-17-37-39(19-27)29(18-34-2)25-6-3-4-7-25/h10-15,17,19-20,22,25-26,29H,3-9,16,18,21H2,1H3/t22?,26?,29-/m1/s1. The van der Waals surface area contributed by atoms with E-state index in [-0.39, 0.29) is 24.7 Å². The van der Waals surface area contributed by atoms with Crippen molar-refractivity contribution in [3.05, 3.63) is 77.8 Å². The molecule has 0 radical (unpaired) electrons. The second-order valence-corrected chi connectivity index (χ2v) is 11.7. The second kappa shape index (κ2) is 12.3. The molecule has 9 nitrogen and oxygen atoms in total. The Morgan fingerprint density at radius 2 is 1.93 bits per heavy atom. The number of hydrogen-bond acceptors (Lipinski definition) is 6. The molecular formula is C33H36N6O3. The van der Waals surface area contributed by atoms with E-state index in [1.807, 2.05) is 60.5 Å². The molecule has 2 saturated carbocycles. The van der Waals surface area contributed by atoms with E-state index in [2.05, 4.69) is 19.9 Å². The van der Waals surface area contributed by atoms with E-state index >= 15 is 0 Å². The summed E-state index contributed by atoms with van der Waals surface area (Å²) in [5.74, 6) is 0.243. The topological polar surface area (TPSA) is 96.3 Å². The largest absolute Gasteiger partial charge is 0.443 e. The minimum atomic E-state index is -0.423. The van der Waals surface area contributed by atoms with Crippen molar-refractivity contribution < 1.29 is 14.3 Å². The zero-order valence-corrected chi connectivity index (χ0v) is 24.0. The fourth-order valence-electron chi connectivity index (χ4n) is 6.59. The van der Waals surface area contributed by atoms with Gasteiger partial charge in [0.15, 0.2) is 6.73 Å². The van der Waals surface area contributed by atoms with E-state index in [0.29, 0.717) is 30.3 Å². The zero-order valence-electron chi connectivity index (χ0n) is 24.0. The summed E-state index contributed by atoms with van der Waals surface area (Å²) in [5.41, 5.74) is 4.32. The number of fused-ring (bicyclic) bond motifs is 1. The molecule has 0 saturated heterocycles. The molecule has 216 valence electrons. The van der Waals surface area contributed by atoms with Crippen LogP contribution in [-0.4, -0.2) is 42.6 Å². The molecule has 0 bridgehead atoms. The smallest absolute Gasteiger partial charge is 0.314 e. The van der Waals surface area contributed by atoms with Gasteiger partial charge in [0.2, 0.25) is 6.54 Å². The first kappa shape index (κ1) is 27.8. The Kier molecular flexibility index (Phi) is 8.13. The first-order chi connectivity index (χ1) is 20.5. The van der Waals surface area contributed by atoms with Crippen LogP contribution >= 0.6 is 0 Å². The maximum absolute atomic E-state index is 13.0. The molecule has 0 N–H and O–H groups in total. The quantitative estimate of drug-likeness (QED) is 0.169.